The van der Waals surface area contributed by atoms with E-state index < -0.39 is 15.9 Å². The molecule has 0 bridgehead atoms. The Labute approximate surface area is 176 Å². The molecule has 0 atom stereocenters. The Balaban J connectivity index is 1.85. The number of aryl methyl sites for hydroxylation is 1. The lowest BCUT2D eigenvalue weighted by Gasteiger charge is -2.25. The number of hydrogen-bond donors (Lipinski definition) is 2. The topological polar surface area (TPSA) is 110 Å². The van der Waals surface area contributed by atoms with Gasteiger partial charge in [-0.3, -0.25) is 9.59 Å². The average molecular weight is 435 g/mol. The maximum atomic E-state index is 12.9. The Morgan fingerprint density at radius 3 is 2.40 bits per heavy atom. The normalized spacial score (nSPS) is 14.9. The Bertz CT molecular complexity index is 1060. The molecule has 0 aliphatic carbocycles. The van der Waals surface area contributed by atoms with Crippen LogP contribution in [-0.4, -0.2) is 49.3 Å². The molecule has 1 aromatic heterocycles. The second-order valence-electron chi connectivity index (χ2n) is 7.19. The Morgan fingerprint density at radius 2 is 1.77 bits per heavy atom. The molecule has 1 aliphatic heterocycles. The third-order valence-electron chi connectivity index (χ3n) is 4.93. The van der Waals surface area contributed by atoms with Crippen molar-refractivity contribution in [2.45, 2.75) is 31.1 Å². The van der Waals surface area contributed by atoms with Gasteiger partial charge in [0.15, 0.2) is 0 Å². The van der Waals surface area contributed by atoms with Gasteiger partial charge in [0.2, 0.25) is 15.9 Å². The second-order valence-corrected chi connectivity index (χ2v) is 9.13. The Morgan fingerprint density at radius 1 is 1.07 bits per heavy atom. The molecule has 1 aromatic carbocycles. The van der Waals surface area contributed by atoms with E-state index in [4.69, 9.17) is 4.74 Å². The van der Waals surface area contributed by atoms with Gasteiger partial charge in [-0.1, -0.05) is 6.42 Å². The molecule has 1 saturated heterocycles. The van der Waals surface area contributed by atoms with Crippen LogP contribution in [0.4, 0.5) is 11.4 Å². The van der Waals surface area contributed by atoms with Crippen molar-refractivity contribution in [3.63, 3.8) is 0 Å². The fourth-order valence-electron chi connectivity index (χ4n) is 3.43. The molecular weight excluding hydrogens is 408 g/mol. The smallest absolute Gasteiger partial charge is 0.272 e. The van der Waals surface area contributed by atoms with E-state index in [1.807, 2.05) is 0 Å². The number of nitrogens with zero attached hydrogens (tertiary/aromatic N) is 2. The summed E-state index contributed by atoms with van der Waals surface area (Å²) in [5.41, 5.74) is 1.05. The predicted molar refractivity (Wildman–Crippen MR) is 113 cm³/mol. The number of piperidine rings is 1. The van der Waals surface area contributed by atoms with Crippen molar-refractivity contribution in [2.75, 3.05) is 30.8 Å². The first-order valence-electron chi connectivity index (χ1n) is 9.66. The monoisotopic (exact) mass is 434 g/mol. The van der Waals surface area contributed by atoms with E-state index in [0.717, 1.165) is 19.3 Å². The number of benzene rings is 1. The standard InChI is InChI=1S/C20H26N4O5S/c1-14(25)21-15-7-8-19(29-3)17(11-15)22-20(26)18-12-16(13-23(18)2)30(27,28)24-9-5-4-6-10-24/h7-8,11-13H,4-6,9-10H2,1-3H3,(H,21,25)(H,22,26). The Kier molecular flexibility index (Phi) is 6.47. The molecule has 1 fully saturated rings. The van der Waals surface area contributed by atoms with Crippen LogP contribution in [0, 0.1) is 0 Å². The molecule has 9 nitrogen and oxygen atoms in total. The van der Waals surface area contributed by atoms with Crippen LogP contribution in [0.5, 0.6) is 5.75 Å². The zero-order valence-corrected chi connectivity index (χ0v) is 18.1. The van der Waals surface area contributed by atoms with Gasteiger partial charge in [-0.15, -0.1) is 0 Å². The summed E-state index contributed by atoms with van der Waals surface area (Å²) in [5.74, 6) is -0.323. The third kappa shape index (κ3) is 4.65. The number of aromatic nitrogens is 1. The van der Waals surface area contributed by atoms with Crippen molar-refractivity contribution >= 4 is 33.2 Å². The first-order chi connectivity index (χ1) is 14.2. The van der Waals surface area contributed by atoms with E-state index in [9.17, 15) is 18.0 Å². The fourth-order valence-corrected chi connectivity index (χ4v) is 5.02. The molecule has 30 heavy (non-hydrogen) atoms. The molecule has 162 valence electrons. The lowest BCUT2D eigenvalue weighted by atomic mass is 10.2. The average Bonchev–Trinajstić information content (AvgIpc) is 3.11. The summed E-state index contributed by atoms with van der Waals surface area (Å²) in [7, 11) is -0.555. The summed E-state index contributed by atoms with van der Waals surface area (Å²) in [5, 5.41) is 5.38. The number of rotatable bonds is 6. The highest BCUT2D eigenvalue weighted by molar-refractivity contribution is 7.89. The highest BCUT2D eigenvalue weighted by atomic mass is 32.2. The molecule has 2 heterocycles. The summed E-state index contributed by atoms with van der Waals surface area (Å²) in [6.07, 6.45) is 4.14. The maximum absolute atomic E-state index is 12.9. The summed E-state index contributed by atoms with van der Waals surface area (Å²) >= 11 is 0. The van der Waals surface area contributed by atoms with Crippen LogP contribution in [0.15, 0.2) is 35.4 Å². The van der Waals surface area contributed by atoms with Gasteiger partial charge < -0.3 is 19.9 Å². The van der Waals surface area contributed by atoms with Crippen molar-refractivity contribution in [2.24, 2.45) is 7.05 Å². The maximum Gasteiger partial charge on any atom is 0.272 e. The van der Waals surface area contributed by atoms with Gasteiger partial charge in [0.25, 0.3) is 5.91 Å². The Hall–Kier alpha value is -2.85. The molecule has 1 aliphatic rings. The number of nitrogens with one attached hydrogen (secondary N) is 2. The van der Waals surface area contributed by atoms with Crippen molar-refractivity contribution < 1.29 is 22.7 Å². The molecule has 2 N–H and O–H groups in total. The molecule has 2 aromatic rings. The number of hydrogen-bond acceptors (Lipinski definition) is 5. The SMILES string of the molecule is COc1ccc(NC(C)=O)cc1NC(=O)c1cc(S(=O)(=O)N2CCCCC2)cn1C. The van der Waals surface area contributed by atoms with Crippen molar-refractivity contribution in [3.8, 4) is 5.75 Å². The highest BCUT2D eigenvalue weighted by Gasteiger charge is 2.28. The number of anilines is 2. The number of sulfonamides is 1. The van der Waals surface area contributed by atoms with Gasteiger partial charge in [0.1, 0.15) is 16.3 Å². The predicted octanol–water partition coefficient (Wildman–Crippen LogP) is 2.42. The molecule has 10 heteroatoms. The van der Waals surface area contributed by atoms with Gasteiger partial charge in [-0.05, 0) is 37.1 Å². The second kappa shape index (κ2) is 8.88. The summed E-state index contributed by atoms with van der Waals surface area (Å²) < 4.78 is 34.0. The largest absolute Gasteiger partial charge is 0.495 e. The van der Waals surface area contributed by atoms with E-state index in [0.29, 0.717) is 30.2 Å². The minimum atomic E-state index is -3.64. The number of carbonyl (C=O) groups is 2. The third-order valence-corrected chi connectivity index (χ3v) is 6.80. The fraction of sp³-hybridized carbons (Fsp3) is 0.400. The minimum absolute atomic E-state index is 0.0935. The highest BCUT2D eigenvalue weighted by Crippen LogP contribution is 2.29. The quantitative estimate of drug-likeness (QED) is 0.726. The number of carbonyl (C=O) groups excluding carboxylic acids is 2. The first kappa shape index (κ1) is 21.8. The van der Waals surface area contributed by atoms with Crippen LogP contribution in [-0.2, 0) is 21.9 Å². The van der Waals surface area contributed by atoms with Gasteiger partial charge in [-0.2, -0.15) is 4.31 Å². The lowest BCUT2D eigenvalue weighted by Crippen LogP contribution is -2.35. The number of amides is 2. The van der Waals surface area contributed by atoms with E-state index in [1.54, 1.807) is 25.2 Å². The van der Waals surface area contributed by atoms with Crippen molar-refractivity contribution in [1.29, 1.82) is 0 Å². The number of methoxy groups -OCH3 is 1. The van der Waals surface area contributed by atoms with Gasteiger partial charge >= 0.3 is 0 Å². The summed E-state index contributed by atoms with van der Waals surface area (Å²) in [6.45, 7) is 2.37. The van der Waals surface area contributed by atoms with Crippen molar-refractivity contribution in [1.82, 2.24) is 8.87 Å². The van der Waals surface area contributed by atoms with Crippen LogP contribution in [0.2, 0.25) is 0 Å². The van der Waals surface area contributed by atoms with Gasteiger partial charge in [-0.25, -0.2) is 8.42 Å². The molecule has 0 saturated carbocycles. The van der Waals surface area contributed by atoms with Crippen LogP contribution >= 0.6 is 0 Å². The zero-order chi connectivity index (χ0) is 21.9. The summed E-state index contributed by atoms with van der Waals surface area (Å²) in [6, 6.07) is 6.23. The first-order valence-corrected chi connectivity index (χ1v) is 11.1. The molecule has 3 rings (SSSR count). The van der Waals surface area contributed by atoms with E-state index >= 15 is 0 Å². The molecule has 0 spiro atoms. The van der Waals surface area contributed by atoms with Crippen LogP contribution < -0.4 is 15.4 Å². The molecule has 0 unspecified atom stereocenters. The molecule has 2 amide bonds. The lowest BCUT2D eigenvalue weighted by molar-refractivity contribution is -0.114. The van der Waals surface area contributed by atoms with Gasteiger partial charge in [0.05, 0.1) is 12.8 Å². The molecule has 0 radical (unpaired) electrons. The van der Waals surface area contributed by atoms with E-state index in [-0.39, 0.29) is 16.5 Å². The van der Waals surface area contributed by atoms with Crippen LogP contribution in [0.3, 0.4) is 0 Å². The van der Waals surface area contributed by atoms with E-state index in [2.05, 4.69) is 10.6 Å². The van der Waals surface area contributed by atoms with E-state index in [1.165, 1.54) is 35.2 Å². The van der Waals surface area contributed by atoms with Crippen molar-refractivity contribution in [3.05, 3.63) is 36.2 Å². The van der Waals surface area contributed by atoms with Gasteiger partial charge in [0, 0.05) is 38.9 Å². The molecular formula is C20H26N4O5S. The summed E-state index contributed by atoms with van der Waals surface area (Å²) in [4.78, 5) is 24.3. The van der Waals surface area contributed by atoms with Crippen LogP contribution in [0.25, 0.3) is 0 Å². The minimum Gasteiger partial charge on any atom is -0.495 e. The zero-order valence-electron chi connectivity index (χ0n) is 17.3. The van der Waals surface area contributed by atoms with Crippen LogP contribution in [0.1, 0.15) is 36.7 Å². The number of ether oxygens (including phenoxy) is 1.